The van der Waals surface area contributed by atoms with Crippen molar-refractivity contribution in [3.05, 3.63) is 29.8 Å². The molecule has 0 aliphatic rings. The van der Waals surface area contributed by atoms with Gasteiger partial charge in [0.15, 0.2) is 0 Å². The fourth-order valence-electron chi connectivity index (χ4n) is 1.45. The number of benzene rings is 1. The number of sulfonamides is 2. The summed E-state index contributed by atoms with van der Waals surface area (Å²) in [6.45, 7) is -0.206. The molecule has 0 aromatic heterocycles. The van der Waals surface area contributed by atoms with Crippen LogP contribution in [-0.2, 0) is 26.5 Å². The first-order valence-corrected chi connectivity index (χ1v) is 9.14. The van der Waals surface area contributed by atoms with Crippen molar-refractivity contribution in [1.29, 1.82) is 5.26 Å². The highest BCUT2D eigenvalue weighted by Crippen LogP contribution is 2.10. The van der Waals surface area contributed by atoms with Crippen LogP contribution in [0.15, 0.2) is 29.2 Å². The summed E-state index contributed by atoms with van der Waals surface area (Å²) >= 11 is 0. The number of nitriles is 1. The van der Waals surface area contributed by atoms with E-state index in [0.29, 0.717) is 5.56 Å². The highest BCUT2D eigenvalue weighted by atomic mass is 32.2. The van der Waals surface area contributed by atoms with Crippen LogP contribution < -0.4 is 4.72 Å². The summed E-state index contributed by atoms with van der Waals surface area (Å²) in [6, 6.07) is 7.84. The lowest BCUT2D eigenvalue weighted by atomic mass is 10.2. The Labute approximate surface area is 125 Å². The summed E-state index contributed by atoms with van der Waals surface area (Å²) in [7, 11) is -4.43. The molecule has 0 bridgehead atoms. The molecule has 7 nitrogen and oxygen atoms in total. The Morgan fingerprint density at radius 1 is 1.14 bits per heavy atom. The van der Waals surface area contributed by atoms with Crippen LogP contribution in [0.25, 0.3) is 0 Å². The van der Waals surface area contributed by atoms with Gasteiger partial charge in [0.1, 0.15) is 0 Å². The maximum atomic E-state index is 12.0. The highest BCUT2D eigenvalue weighted by Gasteiger charge is 2.17. The zero-order chi connectivity index (χ0) is 16.1. The van der Waals surface area contributed by atoms with Crippen molar-refractivity contribution >= 4 is 20.0 Å². The lowest BCUT2D eigenvalue weighted by Gasteiger charge is -2.12. The van der Waals surface area contributed by atoms with E-state index in [1.54, 1.807) is 12.1 Å². The topological polar surface area (TPSA) is 107 Å². The van der Waals surface area contributed by atoms with Crippen molar-refractivity contribution in [3.8, 4) is 6.07 Å². The first-order valence-electron chi connectivity index (χ1n) is 6.05. The molecule has 1 aromatic carbocycles. The molecule has 21 heavy (non-hydrogen) atoms. The fourth-order valence-corrected chi connectivity index (χ4v) is 3.33. The zero-order valence-corrected chi connectivity index (χ0v) is 13.4. The molecule has 0 aliphatic carbocycles. The third kappa shape index (κ3) is 5.09. The van der Waals surface area contributed by atoms with E-state index in [9.17, 15) is 16.8 Å². The van der Waals surface area contributed by atoms with Gasteiger partial charge in [0, 0.05) is 20.6 Å². The van der Waals surface area contributed by atoms with E-state index in [2.05, 4.69) is 4.72 Å². The van der Waals surface area contributed by atoms with Gasteiger partial charge < -0.3 is 0 Å². The lowest BCUT2D eigenvalue weighted by Crippen LogP contribution is -2.33. The van der Waals surface area contributed by atoms with Gasteiger partial charge in [-0.25, -0.2) is 25.9 Å². The van der Waals surface area contributed by atoms with E-state index in [1.807, 2.05) is 6.07 Å². The van der Waals surface area contributed by atoms with Crippen molar-refractivity contribution < 1.29 is 16.8 Å². The molecule has 0 atom stereocenters. The molecule has 0 amide bonds. The highest BCUT2D eigenvalue weighted by molar-refractivity contribution is 7.90. The Bertz CT molecular complexity index is 717. The van der Waals surface area contributed by atoms with Gasteiger partial charge >= 0.3 is 0 Å². The molecule has 1 N–H and O–H groups in total. The van der Waals surface area contributed by atoms with E-state index >= 15 is 0 Å². The SMILES string of the molecule is CN(C)S(=O)(=O)CCNS(=O)(=O)c1ccc(CC#N)cc1. The second-order valence-electron chi connectivity index (χ2n) is 4.48. The minimum absolute atomic E-state index is 0.0337. The van der Waals surface area contributed by atoms with Gasteiger partial charge in [-0.2, -0.15) is 5.26 Å². The first kappa shape index (κ1) is 17.6. The largest absolute Gasteiger partial charge is 0.240 e. The summed E-state index contributed by atoms with van der Waals surface area (Å²) in [5.74, 6) is -0.314. The molecular weight excluding hydrogens is 314 g/mol. The molecule has 116 valence electrons. The van der Waals surface area contributed by atoms with Crippen LogP contribution in [-0.4, -0.2) is 47.5 Å². The smallest absolute Gasteiger partial charge is 0.212 e. The molecule has 0 fully saturated rings. The van der Waals surface area contributed by atoms with Crippen LogP contribution in [0.1, 0.15) is 5.56 Å². The van der Waals surface area contributed by atoms with Gasteiger partial charge in [-0.1, -0.05) is 12.1 Å². The van der Waals surface area contributed by atoms with E-state index in [-0.39, 0.29) is 23.6 Å². The Morgan fingerprint density at radius 2 is 1.71 bits per heavy atom. The summed E-state index contributed by atoms with van der Waals surface area (Å²) in [6.07, 6.45) is 0.203. The number of nitrogens with one attached hydrogen (secondary N) is 1. The number of rotatable bonds is 7. The maximum absolute atomic E-state index is 12.0. The van der Waals surface area contributed by atoms with Crippen molar-refractivity contribution in [1.82, 2.24) is 9.03 Å². The molecule has 0 spiro atoms. The van der Waals surface area contributed by atoms with Crippen molar-refractivity contribution in [3.63, 3.8) is 0 Å². The van der Waals surface area contributed by atoms with Crippen molar-refractivity contribution in [2.75, 3.05) is 26.4 Å². The van der Waals surface area contributed by atoms with Crippen LogP contribution >= 0.6 is 0 Å². The van der Waals surface area contributed by atoms with Gasteiger partial charge in [-0.05, 0) is 17.7 Å². The van der Waals surface area contributed by atoms with Crippen LogP contribution in [0.2, 0.25) is 0 Å². The summed E-state index contributed by atoms with van der Waals surface area (Å²) < 4.78 is 50.3. The maximum Gasteiger partial charge on any atom is 0.240 e. The van der Waals surface area contributed by atoms with E-state index in [4.69, 9.17) is 5.26 Å². The molecule has 1 rings (SSSR count). The Kier molecular flexibility index (Phi) is 5.86. The normalized spacial score (nSPS) is 12.3. The molecule has 9 heteroatoms. The molecule has 0 saturated carbocycles. The van der Waals surface area contributed by atoms with Gasteiger partial charge in [0.05, 0.1) is 23.1 Å². The Hall–Kier alpha value is -1.47. The number of nitrogens with zero attached hydrogens (tertiary/aromatic N) is 2. The Morgan fingerprint density at radius 3 is 2.19 bits per heavy atom. The molecule has 0 saturated heterocycles. The monoisotopic (exact) mass is 331 g/mol. The van der Waals surface area contributed by atoms with Crippen LogP contribution in [0.4, 0.5) is 0 Å². The second-order valence-corrected chi connectivity index (χ2v) is 8.54. The number of hydrogen-bond acceptors (Lipinski definition) is 5. The molecule has 0 unspecified atom stereocenters. The molecular formula is C12H17N3O4S2. The second kappa shape index (κ2) is 7.00. The van der Waals surface area contributed by atoms with Gasteiger partial charge in [0.25, 0.3) is 0 Å². The predicted molar refractivity (Wildman–Crippen MR) is 78.4 cm³/mol. The Balaban J connectivity index is 2.72. The summed E-state index contributed by atoms with van der Waals surface area (Å²) in [5, 5.41) is 8.54. The lowest BCUT2D eigenvalue weighted by molar-refractivity contribution is 0.519. The third-order valence-electron chi connectivity index (χ3n) is 2.73. The van der Waals surface area contributed by atoms with Crippen LogP contribution in [0.3, 0.4) is 0 Å². The third-order valence-corrected chi connectivity index (χ3v) is 6.03. The average Bonchev–Trinajstić information content (AvgIpc) is 2.39. The van der Waals surface area contributed by atoms with Gasteiger partial charge in [0.2, 0.25) is 20.0 Å². The fraction of sp³-hybridized carbons (Fsp3) is 0.417. The van der Waals surface area contributed by atoms with Crippen LogP contribution in [0, 0.1) is 11.3 Å². The van der Waals surface area contributed by atoms with E-state index < -0.39 is 20.0 Å². The van der Waals surface area contributed by atoms with Gasteiger partial charge in [-0.15, -0.1) is 0 Å². The molecule has 0 radical (unpaired) electrons. The summed E-state index contributed by atoms with van der Waals surface area (Å²) in [4.78, 5) is 0.0337. The first-order chi connectivity index (χ1) is 9.69. The minimum Gasteiger partial charge on any atom is -0.212 e. The minimum atomic E-state index is -3.76. The van der Waals surface area contributed by atoms with Crippen molar-refractivity contribution in [2.24, 2.45) is 0 Å². The van der Waals surface area contributed by atoms with E-state index in [0.717, 1.165) is 4.31 Å². The predicted octanol–water partition coefficient (Wildman–Crippen LogP) is -0.0776. The zero-order valence-electron chi connectivity index (χ0n) is 11.8. The standard InChI is InChI=1S/C12H17N3O4S2/c1-15(2)20(16,17)10-9-14-21(18,19)12-5-3-11(4-6-12)7-8-13/h3-6,14H,7,9-10H2,1-2H3. The number of hydrogen-bond donors (Lipinski definition) is 1. The average molecular weight is 331 g/mol. The van der Waals surface area contributed by atoms with E-state index in [1.165, 1.54) is 26.2 Å². The van der Waals surface area contributed by atoms with Gasteiger partial charge in [-0.3, -0.25) is 0 Å². The summed E-state index contributed by atoms with van der Waals surface area (Å²) in [5.41, 5.74) is 0.714. The van der Waals surface area contributed by atoms with Crippen LogP contribution in [0.5, 0.6) is 0 Å². The molecule has 0 heterocycles. The quantitative estimate of drug-likeness (QED) is 0.752. The molecule has 0 aliphatic heterocycles. The molecule has 1 aromatic rings. The van der Waals surface area contributed by atoms with Crippen molar-refractivity contribution in [2.45, 2.75) is 11.3 Å².